The molecule has 0 saturated carbocycles. The average molecular weight is 341 g/mol. The van der Waals surface area contributed by atoms with Gasteiger partial charge in [-0.3, -0.25) is 9.48 Å². The highest BCUT2D eigenvalue weighted by atomic mass is 16.1. The topological polar surface area (TPSA) is 55.1 Å². The van der Waals surface area contributed by atoms with Crippen LogP contribution in [0.1, 0.15) is 42.5 Å². The number of carbonyl (C=O) groups is 1. The van der Waals surface area contributed by atoms with Crippen LogP contribution in [0, 0.1) is 5.92 Å². The molecule has 2 aliphatic heterocycles. The number of hydrogen-bond acceptors (Lipinski definition) is 3. The van der Waals surface area contributed by atoms with Gasteiger partial charge in [-0.1, -0.05) is 6.42 Å². The van der Waals surface area contributed by atoms with Crippen molar-refractivity contribution in [2.45, 2.75) is 38.1 Å². The van der Waals surface area contributed by atoms with Crippen molar-refractivity contribution in [3.8, 4) is 5.82 Å². The van der Waals surface area contributed by atoms with Gasteiger partial charge in [0.25, 0.3) is 5.91 Å². The number of fused-ring (bicyclic) bond motifs is 1. The normalized spacial score (nSPS) is 24.0. The van der Waals surface area contributed by atoms with Crippen LogP contribution in [0.15, 0.2) is 30.7 Å². The van der Waals surface area contributed by atoms with E-state index in [0.29, 0.717) is 17.5 Å². The van der Waals surface area contributed by atoms with E-state index in [4.69, 9.17) is 0 Å². The van der Waals surface area contributed by atoms with Gasteiger partial charge in [-0.05, 0) is 56.8 Å². The van der Waals surface area contributed by atoms with Crippen LogP contribution >= 0.6 is 0 Å². The van der Waals surface area contributed by atoms with Crippen LogP contribution in [-0.2, 0) is 7.05 Å². The molecule has 0 aromatic carbocycles. The third kappa shape index (κ3) is 3.23. The molecule has 0 unspecified atom stereocenters. The molecule has 0 aliphatic carbocycles. The van der Waals surface area contributed by atoms with Gasteiger partial charge in [0.1, 0.15) is 11.4 Å². The molecule has 134 valence electrons. The van der Waals surface area contributed by atoms with Crippen LogP contribution < -0.4 is 5.32 Å². The van der Waals surface area contributed by atoms with Crippen LogP contribution in [0.2, 0.25) is 0 Å². The zero-order chi connectivity index (χ0) is 17.2. The quantitative estimate of drug-likeness (QED) is 0.928. The van der Waals surface area contributed by atoms with Crippen molar-refractivity contribution in [1.29, 1.82) is 0 Å². The molecule has 6 nitrogen and oxygen atoms in total. The van der Waals surface area contributed by atoms with E-state index in [9.17, 15) is 4.79 Å². The number of aromatic nitrogens is 3. The predicted molar refractivity (Wildman–Crippen MR) is 96.8 cm³/mol. The number of piperidine rings is 2. The first kappa shape index (κ1) is 16.4. The standard InChI is InChI=1S/C19H27N5O/c1-22-19(24-10-4-5-11-24)16(14-21-22)18(25)20-13-15-7-6-12-23-9-3-2-8-17(15)23/h4-5,10-11,14-15,17H,2-3,6-9,12-13H2,1H3,(H,20,25)/t15-,17+/m0/s1. The van der Waals surface area contributed by atoms with Crippen LogP contribution in [0.4, 0.5) is 0 Å². The minimum Gasteiger partial charge on any atom is -0.352 e. The van der Waals surface area contributed by atoms with Crippen molar-refractivity contribution >= 4 is 5.91 Å². The second-order valence-electron chi connectivity index (χ2n) is 7.31. The van der Waals surface area contributed by atoms with Gasteiger partial charge < -0.3 is 14.8 Å². The van der Waals surface area contributed by atoms with Crippen molar-refractivity contribution in [2.75, 3.05) is 19.6 Å². The molecule has 2 saturated heterocycles. The van der Waals surface area contributed by atoms with Crippen molar-refractivity contribution in [3.05, 3.63) is 36.3 Å². The highest BCUT2D eigenvalue weighted by molar-refractivity contribution is 5.97. The molecular formula is C19H27N5O. The molecule has 2 atom stereocenters. The molecule has 4 rings (SSSR count). The van der Waals surface area contributed by atoms with E-state index < -0.39 is 0 Å². The fraction of sp³-hybridized carbons (Fsp3) is 0.579. The van der Waals surface area contributed by atoms with Crippen molar-refractivity contribution in [1.82, 2.24) is 24.6 Å². The fourth-order valence-electron chi connectivity index (χ4n) is 4.51. The molecule has 6 heteroatoms. The summed E-state index contributed by atoms with van der Waals surface area (Å²) in [5, 5.41) is 7.47. The molecule has 1 N–H and O–H groups in total. The first-order valence-electron chi connectivity index (χ1n) is 9.41. The Kier molecular flexibility index (Phi) is 4.61. The maximum Gasteiger partial charge on any atom is 0.256 e. The van der Waals surface area contributed by atoms with Gasteiger partial charge in [0, 0.05) is 32.0 Å². The Morgan fingerprint density at radius 3 is 2.84 bits per heavy atom. The fourth-order valence-corrected chi connectivity index (χ4v) is 4.51. The van der Waals surface area contributed by atoms with Crippen molar-refractivity contribution in [3.63, 3.8) is 0 Å². The van der Waals surface area contributed by atoms with E-state index in [1.807, 2.05) is 36.1 Å². The molecular weight excluding hydrogens is 314 g/mol. The van der Waals surface area contributed by atoms with Crippen LogP contribution in [0.3, 0.4) is 0 Å². The minimum atomic E-state index is -0.0234. The number of nitrogens with one attached hydrogen (secondary N) is 1. The van der Waals surface area contributed by atoms with Gasteiger partial charge >= 0.3 is 0 Å². The van der Waals surface area contributed by atoms with E-state index in [1.54, 1.807) is 10.9 Å². The van der Waals surface area contributed by atoms with Crippen LogP contribution in [0.5, 0.6) is 0 Å². The van der Waals surface area contributed by atoms with Gasteiger partial charge in [-0.15, -0.1) is 0 Å². The second-order valence-corrected chi connectivity index (χ2v) is 7.31. The number of amides is 1. The Hall–Kier alpha value is -2.08. The maximum absolute atomic E-state index is 12.8. The maximum atomic E-state index is 12.8. The molecule has 1 amide bonds. The number of rotatable bonds is 4. The summed E-state index contributed by atoms with van der Waals surface area (Å²) in [6.45, 7) is 3.23. The SMILES string of the molecule is Cn1ncc(C(=O)NC[C@@H]2CCCN3CCCC[C@H]23)c1-n1cccc1. The average Bonchev–Trinajstić information content (AvgIpc) is 3.29. The Labute approximate surface area is 148 Å². The molecule has 2 aliphatic rings. The lowest BCUT2D eigenvalue weighted by atomic mass is 9.83. The van der Waals surface area contributed by atoms with E-state index in [0.717, 1.165) is 12.4 Å². The number of hydrogen-bond donors (Lipinski definition) is 1. The van der Waals surface area contributed by atoms with Crippen molar-refractivity contribution in [2.24, 2.45) is 13.0 Å². The summed E-state index contributed by atoms with van der Waals surface area (Å²) >= 11 is 0. The zero-order valence-electron chi connectivity index (χ0n) is 14.9. The lowest BCUT2D eigenvalue weighted by molar-refractivity contribution is 0.0575. The van der Waals surface area contributed by atoms with Gasteiger partial charge in [0.05, 0.1) is 6.20 Å². The van der Waals surface area contributed by atoms with E-state index in [-0.39, 0.29) is 5.91 Å². The third-order valence-electron chi connectivity index (χ3n) is 5.75. The number of carbonyl (C=O) groups excluding carboxylic acids is 1. The second kappa shape index (κ2) is 7.04. The Morgan fingerprint density at radius 1 is 1.20 bits per heavy atom. The van der Waals surface area contributed by atoms with Crippen molar-refractivity contribution < 1.29 is 4.79 Å². The first-order valence-corrected chi connectivity index (χ1v) is 9.41. The summed E-state index contributed by atoms with van der Waals surface area (Å²) in [7, 11) is 1.87. The highest BCUT2D eigenvalue weighted by Gasteiger charge is 2.33. The summed E-state index contributed by atoms with van der Waals surface area (Å²) in [6, 6.07) is 4.56. The lowest BCUT2D eigenvalue weighted by Crippen LogP contribution is -2.51. The Bertz CT molecular complexity index is 718. The largest absolute Gasteiger partial charge is 0.352 e. The Balaban J connectivity index is 1.44. The highest BCUT2D eigenvalue weighted by Crippen LogP contribution is 2.30. The minimum absolute atomic E-state index is 0.0234. The van der Waals surface area contributed by atoms with Gasteiger partial charge in [0.15, 0.2) is 0 Å². The predicted octanol–water partition coefficient (Wildman–Crippen LogP) is 2.21. The molecule has 4 heterocycles. The molecule has 0 radical (unpaired) electrons. The molecule has 2 aromatic heterocycles. The first-order chi connectivity index (χ1) is 12.2. The zero-order valence-corrected chi connectivity index (χ0v) is 14.9. The number of aryl methyl sites for hydroxylation is 1. The molecule has 2 aromatic rings. The van der Waals surface area contributed by atoms with Gasteiger partial charge in [-0.25, -0.2) is 0 Å². The smallest absolute Gasteiger partial charge is 0.256 e. The molecule has 0 spiro atoms. The summed E-state index contributed by atoms with van der Waals surface area (Å²) in [5.74, 6) is 1.36. The summed E-state index contributed by atoms with van der Waals surface area (Å²) < 4.78 is 3.68. The monoisotopic (exact) mass is 341 g/mol. The Morgan fingerprint density at radius 2 is 2.00 bits per heavy atom. The lowest BCUT2D eigenvalue weighted by Gasteiger charge is -2.44. The van der Waals surface area contributed by atoms with E-state index in [2.05, 4.69) is 15.3 Å². The van der Waals surface area contributed by atoms with E-state index in [1.165, 1.54) is 45.2 Å². The summed E-state index contributed by atoms with van der Waals surface area (Å²) in [4.78, 5) is 15.4. The van der Waals surface area contributed by atoms with E-state index >= 15 is 0 Å². The molecule has 25 heavy (non-hydrogen) atoms. The van der Waals surface area contributed by atoms with Gasteiger partial charge in [0.2, 0.25) is 0 Å². The summed E-state index contributed by atoms with van der Waals surface area (Å²) in [6.07, 6.45) is 11.9. The van der Waals surface area contributed by atoms with Crippen LogP contribution in [0.25, 0.3) is 5.82 Å². The molecule has 0 bridgehead atoms. The molecule has 2 fully saturated rings. The number of nitrogens with zero attached hydrogens (tertiary/aromatic N) is 4. The van der Waals surface area contributed by atoms with Gasteiger partial charge in [-0.2, -0.15) is 5.10 Å². The third-order valence-corrected chi connectivity index (χ3v) is 5.75. The van der Waals surface area contributed by atoms with Crippen LogP contribution in [-0.4, -0.2) is 50.8 Å². The summed E-state index contributed by atoms with van der Waals surface area (Å²) in [5.41, 5.74) is 0.634.